The minimum absolute atomic E-state index is 0.00701. The van der Waals surface area contributed by atoms with Gasteiger partial charge in [-0.1, -0.05) is 12.1 Å². The molecule has 122 valence electrons. The van der Waals surface area contributed by atoms with Crippen molar-refractivity contribution in [1.29, 1.82) is 0 Å². The molecule has 0 radical (unpaired) electrons. The van der Waals surface area contributed by atoms with Gasteiger partial charge in [0.2, 0.25) is 0 Å². The van der Waals surface area contributed by atoms with Crippen LogP contribution in [0.5, 0.6) is 0 Å². The van der Waals surface area contributed by atoms with Crippen molar-refractivity contribution in [2.24, 2.45) is 4.40 Å². The van der Waals surface area contributed by atoms with Crippen LogP contribution in [0.1, 0.15) is 5.56 Å². The molecule has 0 unspecified atom stereocenters. The van der Waals surface area contributed by atoms with Crippen LogP contribution in [0, 0.1) is 20.2 Å². The van der Waals surface area contributed by atoms with Crippen molar-refractivity contribution in [3.63, 3.8) is 0 Å². The van der Waals surface area contributed by atoms with Crippen molar-refractivity contribution >= 4 is 32.9 Å². The number of benzene rings is 2. The molecule has 0 fully saturated rings. The number of nitrogens with zero attached hydrogens (tertiary/aromatic N) is 3. The highest BCUT2D eigenvalue weighted by molar-refractivity contribution is 7.90. The van der Waals surface area contributed by atoms with Crippen molar-refractivity contribution in [3.05, 3.63) is 68.3 Å². The minimum atomic E-state index is -3.87. The van der Waals surface area contributed by atoms with Crippen LogP contribution in [0.15, 0.2) is 51.8 Å². The second kappa shape index (κ2) is 5.38. The van der Waals surface area contributed by atoms with Gasteiger partial charge < -0.3 is 5.32 Å². The predicted molar refractivity (Wildman–Crippen MR) is 83.5 cm³/mol. The van der Waals surface area contributed by atoms with Crippen LogP contribution in [0.2, 0.25) is 0 Å². The third-order valence-electron chi connectivity index (χ3n) is 3.22. The molecule has 0 atom stereocenters. The Labute approximate surface area is 134 Å². The molecule has 2 aromatic carbocycles. The standard InChI is InChI=1S/C13H8N4O6S/c18-16(19)9-5-8(6-10(7-9)17(20)21)14-13-11-3-1-2-4-12(11)24(22,23)15-13/h1-7H,(H,14,15). The average molecular weight is 348 g/mol. The van der Waals surface area contributed by atoms with Crippen LogP contribution in [0.3, 0.4) is 0 Å². The topological polar surface area (TPSA) is 145 Å². The minimum Gasteiger partial charge on any atom is -0.339 e. The van der Waals surface area contributed by atoms with Gasteiger partial charge in [0.1, 0.15) is 4.90 Å². The van der Waals surface area contributed by atoms with Crippen LogP contribution in [0.4, 0.5) is 17.1 Å². The van der Waals surface area contributed by atoms with Crippen molar-refractivity contribution in [2.75, 3.05) is 5.32 Å². The average Bonchev–Trinajstić information content (AvgIpc) is 2.78. The van der Waals surface area contributed by atoms with Gasteiger partial charge >= 0.3 is 0 Å². The number of amidine groups is 1. The number of nitro benzene ring substituents is 2. The number of nitro groups is 2. The molecule has 1 heterocycles. The van der Waals surface area contributed by atoms with Crippen molar-refractivity contribution in [3.8, 4) is 0 Å². The lowest BCUT2D eigenvalue weighted by Crippen LogP contribution is -2.11. The monoisotopic (exact) mass is 348 g/mol. The van der Waals surface area contributed by atoms with Crippen LogP contribution in [-0.4, -0.2) is 24.1 Å². The fraction of sp³-hybridized carbons (Fsp3) is 0. The van der Waals surface area contributed by atoms with E-state index in [9.17, 15) is 28.6 Å². The molecule has 0 saturated carbocycles. The van der Waals surface area contributed by atoms with Crippen LogP contribution in [-0.2, 0) is 10.0 Å². The molecule has 0 aliphatic carbocycles. The van der Waals surface area contributed by atoms with Crippen LogP contribution < -0.4 is 5.32 Å². The Morgan fingerprint density at radius 2 is 1.54 bits per heavy atom. The van der Waals surface area contributed by atoms with Gasteiger partial charge in [0.15, 0.2) is 5.84 Å². The van der Waals surface area contributed by atoms with Gasteiger partial charge in [-0.05, 0) is 12.1 Å². The maximum absolute atomic E-state index is 12.0. The lowest BCUT2D eigenvalue weighted by atomic mass is 10.2. The first-order valence-corrected chi connectivity index (χ1v) is 7.87. The molecular formula is C13H8N4O6S. The normalized spacial score (nSPS) is 14.6. The SMILES string of the molecule is O=[N+]([O-])c1cc(NC2=NS(=O)(=O)c3ccccc32)cc([N+](=O)[O-])c1. The predicted octanol–water partition coefficient (Wildman–Crippen LogP) is 2.06. The Balaban J connectivity index is 2.07. The molecule has 1 aliphatic heterocycles. The second-order valence-corrected chi connectivity index (χ2v) is 6.36. The first-order chi connectivity index (χ1) is 11.3. The molecule has 3 rings (SSSR count). The zero-order valence-corrected chi connectivity index (χ0v) is 12.6. The Bertz CT molecular complexity index is 983. The van der Waals surface area contributed by atoms with Gasteiger partial charge in [0.25, 0.3) is 21.4 Å². The van der Waals surface area contributed by atoms with E-state index in [0.717, 1.165) is 18.2 Å². The summed E-state index contributed by atoms with van der Waals surface area (Å²) >= 11 is 0. The molecule has 1 N–H and O–H groups in total. The van der Waals surface area contributed by atoms with Gasteiger partial charge in [0.05, 0.1) is 21.6 Å². The number of fused-ring (bicyclic) bond motifs is 1. The number of non-ortho nitro benzene ring substituents is 2. The third kappa shape index (κ3) is 2.67. The highest BCUT2D eigenvalue weighted by Crippen LogP contribution is 2.30. The third-order valence-corrected chi connectivity index (χ3v) is 4.55. The van der Waals surface area contributed by atoms with E-state index in [-0.39, 0.29) is 22.0 Å². The molecule has 0 bridgehead atoms. The summed E-state index contributed by atoms with van der Waals surface area (Å²) in [6.45, 7) is 0. The van der Waals surface area contributed by atoms with Crippen molar-refractivity contribution < 1.29 is 18.3 Å². The number of hydrogen-bond donors (Lipinski definition) is 1. The van der Waals surface area contributed by atoms with Crippen LogP contribution >= 0.6 is 0 Å². The maximum Gasteiger partial charge on any atom is 0.285 e. The quantitative estimate of drug-likeness (QED) is 0.660. The highest BCUT2D eigenvalue weighted by Gasteiger charge is 2.29. The second-order valence-electron chi connectivity index (χ2n) is 4.79. The fourth-order valence-corrected chi connectivity index (χ4v) is 3.39. The van der Waals surface area contributed by atoms with Crippen molar-refractivity contribution in [2.45, 2.75) is 4.90 Å². The summed E-state index contributed by atoms with van der Waals surface area (Å²) in [5.74, 6) is -0.0552. The van der Waals surface area contributed by atoms with Crippen molar-refractivity contribution in [1.82, 2.24) is 0 Å². The van der Waals surface area contributed by atoms with E-state index in [1.54, 1.807) is 6.07 Å². The summed E-state index contributed by atoms with van der Waals surface area (Å²) in [6, 6.07) is 8.95. The van der Waals surface area contributed by atoms with E-state index in [4.69, 9.17) is 0 Å². The lowest BCUT2D eigenvalue weighted by molar-refractivity contribution is -0.394. The van der Waals surface area contributed by atoms with E-state index < -0.39 is 31.2 Å². The summed E-state index contributed by atoms with van der Waals surface area (Å²) in [5.41, 5.74) is -0.726. The molecule has 0 spiro atoms. The van der Waals surface area contributed by atoms with Crippen LogP contribution in [0.25, 0.3) is 0 Å². The molecule has 0 amide bonds. The Morgan fingerprint density at radius 3 is 2.12 bits per heavy atom. The van der Waals surface area contributed by atoms with E-state index in [1.165, 1.54) is 18.2 Å². The molecule has 1 aliphatic rings. The summed E-state index contributed by atoms with van der Waals surface area (Å²) in [4.78, 5) is 20.2. The van der Waals surface area contributed by atoms with E-state index in [2.05, 4.69) is 9.71 Å². The zero-order chi connectivity index (χ0) is 17.5. The first-order valence-electron chi connectivity index (χ1n) is 6.43. The van der Waals surface area contributed by atoms with E-state index in [1.807, 2.05) is 0 Å². The van der Waals surface area contributed by atoms with Gasteiger partial charge in [-0.15, -0.1) is 4.40 Å². The Morgan fingerprint density at radius 1 is 0.958 bits per heavy atom. The summed E-state index contributed by atoms with van der Waals surface area (Å²) in [6.07, 6.45) is 0. The molecule has 0 saturated heterocycles. The molecular weight excluding hydrogens is 340 g/mol. The van der Waals surface area contributed by atoms with Gasteiger partial charge in [-0.25, -0.2) is 0 Å². The summed E-state index contributed by atoms with van der Waals surface area (Å²) in [5, 5.41) is 24.4. The molecule has 2 aromatic rings. The fourth-order valence-electron chi connectivity index (χ4n) is 2.21. The maximum atomic E-state index is 12.0. The number of nitrogens with one attached hydrogen (secondary N) is 1. The largest absolute Gasteiger partial charge is 0.339 e. The number of sulfonamides is 1. The lowest BCUT2D eigenvalue weighted by Gasteiger charge is -2.06. The molecule has 24 heavy (non-hydrogen) atoms. The number of hydrogen-bond acceptors (Lipinski definition) is 7. The van der Waals surface area contributed by atoms with E-state index in [0.29, 0.717) is 0 Å². The van der Waals surface area contributed by atoms with Gasteiger partial charge in [-0.3, -0.25) is 20.2 Å². The molecule has 11 heteroatoms. The molecule has 10 nitrogen and oxygen atoms in total. The Kier molecular flexibility index (Phi) is 3.49. The number of rotatable bonds is 3. The van der Waals surface area contributed by atoms with Gasteiger partial charge in [0, 0.05) is 17.7 Å². The number of anilines is 1. The van der Waals surface area contributed by atoms with E-state index >= 15 is 0 Å². The highest BCUT2D eigenvalue weighted by atomic mass is 32.2. The zero-order valence-electron chi connectivity index (χ0n) is 11.7. The Hall–Kier alpha value is -3.34. The smallest absolute Gasteiger partial charge is 0.285 e. The first kappa shape index (κ1) is 15.6. The summed E-state index contributed by atoms with van der Waals surface area (Å²) in [7, 11) is -3.87. The summed E-state index contributed by atoms with van der Waals surface area (Å²) < 4.78 is 27.5. The molecule has 0 aromatic heterocycles. The van der Waals surface area contributed by atoms with Gasteiger partial charge in [-0.2, -0.15) is 8.42 Å².